The Hall–Kier alpha value is -2.62. The molecule has 3 rings (SSSR count). The van der Waals surface area contributed by atoms with Gasteiger partial charge >= 0.3 is 0 Å². The van der Waals surface area contributed by atoms with Crippen LogP contribution in [0.5, 0.6) is 0 Å². The van der Waals surface area contributed by atoms with E-state index < -0.39 is 6.04 Å². The fourth-order valence-corrected chi connectivity index (χ4v) is 3.26. The summed E-state index contributed by atoms with van der Waals surface area (Å²) in [5.41, 5.74) is 3.71. The van der Waals surface area contributed by atoms with Gasteiger partial charge in [-0.3, -0.25) is 9.59 Å². The Bertz CT molecular complexity index is 781. The van der Waals surface area contributed by atoms with Gasteiger partial charge in [-0.2, -0.15) is 0 Å². The molecule has 1 fully saturated rings. The zero-order chi connectivity index (χ0) is 18.0. The van der Waals surface area contributed by atoms with Gasteiger partial charge in [-0.1, -0.05) is 50.2 Å². The molecule has 1 N–H and O–H groups in total. The van der Waals surface area contributed by atoms with E-state index in [1.807, 2.05) is 55.5 Å². The molecule has 4 nitrogen and oxygen atoms in total. The molecule has 0 aliphatic carbocycles. The predicted octanol–water partition coefficient (Wildman–Crippen LogP) is 3.43. The van der Waals surface area contributed by atoms with Crippen molar-refractivity contribution in [2.75, 3.05) is 13.1 Å². The molecule has 1 saturated heterocycles. The third-order valence-corrected chi connectivity index (χ3v) is 4.78. The summed E-state index contributed by atoms with van der Waals surface area (Å²) in [7, 11) is 0. The van der Waals surface area contributed by atoms with E-state index >= 15 is 0 Å². The molecule has 0 saturated carbocycles. The average molecular weight is 336 g/mol. The van der Waals surface area contributed by atoms with Gasteiger partial charge in [0.1, 0.15) is 6.04 Å². The van der Waals surface area contributed by atoms with E-state index in [2.05, 4.69) is 19.2 Å². The van der Waals surface area contributed by atoms with Gasteiger partial charge in [-0.15, -0.1) is 0 Å². The molecule has 1 unspecified atom stereocenters. The zero-order valence-corrected chi connectivity index (χ0v) is 15.0. The molecule has 25 heavy (non-hydrogen) atoms. The van der Waals surface area contributed by atoms with Crippen molar-refractivity contribution in [3.05, 3.63) is 70.8 Å². The van der Waals surface area contributed by atoms with Crippen molar-refractivity contribution in [3.8, 4) is 0 Å². The van der Waals surface area contributed by atoms with Crippen LogP contribution in [0.3, 0.4) is 0 Å². The lowest BCUT2D eigenvalue weighted by molar-refractivity contribution is -0.128. The lowest BCUT2D eigenvalue weighted by atomic mass is 9.96. The Morgan fingerprint density at radius 2 is 1.80 bits per heavy atom. The van der Waals surface area contributed by atoms with Gasteiger partial charge in [0.05, 0.1) is 0 Å². The molecule has 1 aliphatic heterocycles. The Morgan fingerprint density at radius 3 is 2.44 bits per heavy atom. The third kappa shape index (κ3) is 3.43. The average Bonchev–Trinajstić information content (AvgIpc) is 2.62. The number of rotatable bonds is 3. The quantitative estimate of drug-likeness (QED) is 0.933. The van der Waals surface area contributed by atoms with Crippen molar-refractivity contribution in [3.63, 3.8) is 0 Å². The summed E-state index contributed by atoms with van der Waals surface area (Å²) < 4.78 is 0. The molecule has 0 aromatic heterocycles. The smallest absolute Gasteiger partial charge is 0.254 e. The normalized spacial score (nSPS) is 17.5. The van der Waals surface area contributed by atoms with E-state index in [9.17, 15) is 9.59 Å². The van der Waals surface area contributed by atoms with Crippen molar-refractivity contribution in [1.29, 1.82) is 0 Å². The van der Waals surface area contributed by atoms with Crippen LogP contribution in [0.15, 0.2) is 48.5 Å². The lowest BCUT2D eigenvalue weighted by Crippen LogP contribution is -2.52. The van der Waals surface area contributed by atoms with Crippen LogP contribution in [-0.4, -0.2) is 29.8 Å². The third-order valence-electron chi connectivity index (χ3n) is 4.78. The molecule has 0 spiro atoms. The van der Waals surface area contributed by atoms with Crippen LogP contribution in [0.2, 0.25) is 0 Å². The van der Waals surface area contributed by atoms with E-state index in [0.717, 1.165) is 11.1 Å². The molecule has 4 heteroatoms. The lowest BCUT2D eigenvalue weighted by Gasteiger charge is -2.36. The van der Waals surface area contributed by atoms with Gasteiger partial charge in [-0.05, 0) is 41.7 Å². The first kappa shape index (κ1) is 17.2. The minimum Gasteiger partial charge on any atom is -0.352 e. The molecule has 2 aromatic rings. The van der Waals surface area contributed by atoms with Crippen LogP contribution in [0.25, 0.3) is 0 Å². The zero-order valence-electron chi connectivity index (χ0n) is 15.0. The molecule has 130 valence electrons. The topological polar surface area (TPSA) is 49.4 Å². The number of amides is 2. The highest BCUT2D eigenvalue weighted by molar-refractivity contribution is 5.98. The first-order valence-electron chi connectivity index (χ1n) is 8.73. The number of carbonyl (C=O) groups is 2. The second-order valence-corrected chi connectivity index (χ2v) is 6.83. The van der Waals surface area contributed by atoms with Crippen LogP contribution in [0.1, 0.15) is 52.9 Å². The number of nitrogens with one attached hydrogen (secondary N) is 1. The van der Waals surface area contributed by atoms with Crippen molar-refractivity contribution < 1.29 is 9.59 Å². The molecular weight excluding hydrogens is 312 g/mol. The van der Waals surface area contributed by atoms with E-state index in [4.69, 9.17) is 0 Å². The van der Waals surface area contributed by atoms with E-state index in [1.54, 1.807) is 4.90 Å². The maximum Gasteiger partial charge on any atom is 0.254 e. The van der Waals surface area contributed by atoms with Crippen molar-refractivity contribution in [1.82, 2.24) is 10.2 Å². The number of piperazine rings is 1. The minimum absolute atomic E-state index is 0.0987. The summed E-state index contributed by atoms with van der Waals surface area (Å²) >= 11 is 0. The maximum atomic E-state index is 13.1. The molecule has 0 bridgehead atoms. The van der Waals surface area contributed by atoms with Crippen LogP contribution in [-0.2, 0) is 4.79 Å². The molecular formula is C21H24N2O2. The second-order valence-electron chi connectivity index (χ2n) is 6.83. The minimum atomic E-state index is -0.577. The number of hydrogen-bond acceptors (Lipinski definition) is 2. The number of carbonyl (C=O) groups excluding carboxylic acids is 2. The number of hydrogen-bond donors (Lipinski definition) is 1. The molecule has 2 aromatic carbocycles. The van der Waals surface area contributed by atoms with E-state index in [0.29, 0.717) is 24.6 Å². The molecule has 2 amide bonds. The van der Waals surface area contributed by atoms with Crippen LogP contribution >= 0.6 is 0 Å². The fraction of sp³-hybridized carbons (Fsp3) is 0.333. The SMILES string of the molecule is Cc1ccccc1C1C(=O)NCCN1C(=O)c1ccc(C(C)C)cc1. The predicted molar refractivity (Wildman–Crippen MR) is 98.5 cm³/mol. The van der Waals surface area contributed by atoms with E-state index in [-0.39, 0.29) is 11.8 Å². The van der Waals surface area contributed by atoms with Gasteiger partial charge in [0.15, 0.2) is 0 Å². The summed E-state index contributed by atoms with van der Waals surface area (Å²) in [4.78, 5) is 27.3. The monoisotopic (exact) mass is 336 g/mol. The van der Waals surface area contributed by atoms with Crippen LogP contribution in [0.4, 0.5) is 0 Å². The molecule has 0 radical (unpaired) electrons. The van der Waals surface area contributed by atoms with Gasteiger partial charge in [0.2, 0.25) is 5.91 Å². The largest absolute Gasteiger partial charge is 0.352 e. The Balaban J connectivity index is 1.94. The summed E-state index contributed by atoms with van der Waals surface area (Å²) in [6, 6.07) is 14.9. The number of benzene rings is 2. The van der Waals surface area contributed by atoms with Gasteiger partial charge in [0, 0.05) is 18.7 Å². The molecule has 1 aliphatic rings. The van der Waals surface area contributed by atoms with Crippen molar-refractivity contribution in [2.45, 2.75) is 32.7 Å². The summed E-state index contributed by atoms with van der Waals surface area (Å²) in [6.07, 6.45) is 0. The summed E-state index contributed by atoms with van der Waals surface area (Å²) in [5, 5.41) is 2.89. The Labute approximate surface area is 148 Å². The van der Waals surface area contributed by atoms with Gasteiger partial charge < -0.3 is 10.2 Å². The second kappa shape index (κ2) is 7.09. The first-order chi connectivity index (χ1) is 12.0. The maximum absolute atomic E-state index is 13.1. The highest BCUT2D eigenvalue weighted by atomic mass is 16.2. The standard InChI is InChI=1S/C21H24N2O2/c1-14(2)16-8-10-17(11-9-16)21(25)23-13-12-22-20(24)19(23)18-7-5-4-6-15(18)3/h4-11,14,19H,12-13H2,1-3H3,(H,22,24). The summed E-state index contributed by atoms with van der Waals surface area (Å²) in [6.45, 7) is 7.21. The summed E-state index contributed by atoms with van der Waals surface area (Å²) in [5.74, 6) is 0.204. The van der Waals surface area contributed by atoms with Crippen molar-refractivity contribution in [2.24, 2.45) is 0 Å². The highest BCUT2D eigenvalue weighted by Gasteiger charge is 2.35. The number of nitrogens with zero attached hydrogens (tertiary/aromatic N) is 1. The number of aryl methyl sites for hydroxylation is 1. The van der Waals surface area contributed by atoms with Crippen molar-refractivity contribution >= 4 is 11.8 Å². The first-order valence-corrected chi connectivity index (χ1v) is 8.73. The van der Waals surface area contributed by atoms with Crippen LogP contribution < -0.4 is 5.32 Å². The van der Waals surface area contributed by atoms with Gasteiger partial charge in [-0.25, -0.2) is 0 Å². The Kier molecular flexibility index (Phi) is 4.88. The Morgan fingerprint density at radius 1 is 1.12 bits per heavy atom. The molecule has 1 atom stereocenters. The van der Waals surface area contributed by atoms with Gasteiger partial charge in [0.25, 0.3) is 5.91 Å². The highest BCUT2D eigenvalue weighted by Crippen LogP contribution is 2.28. The fourth-order valence-electron chi connectivity index (χ4n) is 3.26. The van der Waals surface area contributed by atoms with Crippen LogP contribution in [0, 0.1) is 6.92 Å². The van der Waals surface area contributed by atoms with E-state index in [1.165, 1.54) is 5.56 Å². The molecule has 1 heterocycles.